The lowest BCUT2D eigenvalue weighted by atomic mass is 10.2. The van der Waals surface area contributed by atoms with Crippen LogP contribution in [0.25, 0.3) is 11.4 Å². The van der Waals surface area contributed by atoms with Crippen molar-refractivity contribution < 1.29 is 9.63 Å². The molecule has 0 aliphatic rings. The van der Waals surface area contributed by atoms with Gasteiger partial charge in [0.05, 0.1) is 6.61 Å². The number of nitrogens with zero attached hydrogens (tertiary/aromatic N) is 4. The molecule has 2 aromatic rings. The first kappa shape index (κ1) is 15.1. The summed E-state index contributed by atoms with van der Waals surface area (Å²) in [6.45, 7) is 6.14. The molecule has 1 amide bonds. The number of nitrogens with one attached hydrogen (secondary N) is 1. The molecule has 7 heteroatoms. The van der Waals surface area contributed by atoms with Gasteiger partial charge >= 0.3 is 0 Å². The van der Waals surface area contributed by atoms with Crippen molar-refractivity contribution in [3.63, 3.8) is 0 Å². The summed E-state index contributed by atoms with van der Waals surface area (Å²) in [7, 11) is 0. The van der Waals surface area contributed by atoms with E-state index >= 15 is 0 Å². The van der Waals surface area contributed by atoms with Crippen LogP contribution in [0.2, 0.25) is 0 Å². The second-order valence-corrected chi connectivity index (χ2v) is 5.15. The molecule has 0 bridgehead atoms. The van der Waals surface area contributed by atoms with Crippen LogP contribution in [0.4, 0.5) is 0 Å². The lowest BCUT2D eigenvalue weighted by Crippen LogP contribution is -2.33. The van der Waals surface area contributed by atoms with Gasteiger partial charge in [0.25, 0.3) is 5.91 Å². The maximum Gasteiger partial charge on any atom is 0.270 e. The van der Waals surface area contributed by atoms with Gasteiger partial charge in [-0.05, 0) is 18.1 Å². The summed E-state index contributed by atoms with van der Waals surface area (Å²) in [5, 5.41) is 12.1. The molecule has 0 saturated heterocycles. The summed E-state index contributed by atoms with van der Waals surface area (Å²) in [5.41, 5.74) is 3.25. The summed E-state index contributed by atoms with van der Waals surface area (Å²) in [4.78, 5) is 18.3. The van der Waals surface area contributed by atoms with Gasteiger partial charge < -0.3 is 0 Å². The third-order valence-electron chi connectivity index (χ3n) is 2.78. The van der Waals surface area contributed by atoms with Crippen molar-refractivity contribution in [3.05, 3.63) is 30.3 Å². The van der Waals surface area contributed by atoms with Crippen LogP contribution in [0.5, 0.6) is 0 Å². The second kappa shape index (κ2) is 6.94. The fourth-order valence-electron chi connectivity index (χ4n) is 1.56. The van der Waals surface area contributed by atoms with Crippen LogP contribution in [0.1, 0.15) is 26.8 Å². The molecule has 0 radical (unpaired) electrons. The lowest BCUT2D eigenvalue weighted by Gasteiger charge is -2.11. The molecule has 7 nitrogen and oxygen atoms in total. The normalized spacial score (nSPS) is 12.4. The number of carbonyl (C=O) groups is 1. The van der Waals surface area contributed by atoms with Gasteiger partial charge in [0.2, 0.25) is 5.82 Å². The van der Waals surface area contributed by atoms with E-state index in [1.807, 2.05) is 44.2 Å². The minimum absolute atomic E-state index is 0.312. The Kier molecular flexibility index (Phi) is 4.99. The van der Waals surface area contributed by atoms with Crippen molar-refractivity contribution in [2.45, 2.75) is 26.8 Å². The number of rotatable bonds is 6. The van der Waals surface area contributed by atoms with Gasteiger partial charge in [-0.1, -0.05) is 44.2 Å². The largest absolute Gasteiger partial charge is 0.273 e. The van der Waals surface area contributed by atoms with Crippen molar-refractivity contribution >= 4 is 5.91 Å². The zero-order chi connectivity index (χ0) is 15.2. The molecule has 0 fully saturated rings. The van der Waals surface area contributed by atoms with Crippen molar-refractivity contribution in [2.24, 2.45) is 5.92 Å². The van der Waals surface area contributed by atoms with Gasteiger partial charge in [-0.2, -0.15) is 4.80 Å². The van der Waals surface area contributed by atoms with E-state index in [0.29, 0.717) is 18.3 Å². The van der Waals surface area contributed by atoms with E-state index in [1.165, 1.54) is 4.80 Å². The van der Waals surface area contributed by atoms with E-state index < -0.39 is 6.04 Å². The highest BCUT2D eigenvalue weighted by atomic mass is 16.7. The molecule has 0 aliphatic heterocycles. The average molecular weight is 289 g/mol. The molecular weight excluding hydrogens is 270 g/mol. The molecule has 0 saturated carbocycles. The Labute approximate surface area is 123 Å². The molecule has 1 heterocycles. The van der Waals surface area contributed by atoms with Gasteiger partial charge in [0, 0.05) is 5.56 Å². The average Bonchev–Trinajstić information content (AvgIpc) is 2.96. The number of aromatic nitrogens is 4. The molecule has 112 valence electrons. The first-order valence-corrected chi connectivity index (χ1v) is 6.84. The molecule has 1 aromatic carbocycles. The predicted molar refractivity (Wildman–Crippen MR) is 76.9 cm³/mol. The topological polar surface area (TPSA) is 81.9 Å². The van der Waals surface area contributed by atoms with Crippen LogP contribution in [-0.2, 0) is 9.63 Å². The predicted octanol–water partition coefficient (Wildman–Crippen LogP) is 1.60. The van der Waals surface area contributed by atoms with Crippen LogP contribution < -0.4 is 5.48 Å². The number of carbonyl (C=O) groups excluding carboxylic acids is 1. The Morgan fingerprint density at radius 3 is 2.67 bits per heavy atom. The second-order valence-electron chi connectivity index (χ2n) is 5.15. The number of hydroxylamine groups is 1. The molecule has 21 heavy (non-hydrogen) atoms. The Balaban J connectivity index is 1.99. The number of hydrogen-bond acceptors (Lipinski definition) is 5. The van der Waals surface area contributed by atoms with Crippen LogP contribution in [-0.4, -0.2) is 32.7 Å². The molecule has 1 unspecified atom stereocenters. The standard InChI is InChI=1S/C14H19N5O2/c1-10(2)9-21-17-14(20)11(3)19-16-13(15-18-19)12-7-5-4-6-8-12/h4-8,10-11H,9H2,1-3H3,(H,17,20). The fourth-order valence-corrected chi connectivity index (χ4v) is 1.56. The number of hydrogen-bond donors (Lipinski definition) is 1. The van der Waals surface area contributed by atoms with Gasteiger partial charge in [0.15, 0.2) is 6.04 Å². The Morgan fingerprint density at radius 1 is 1.29 bits per heavy atom. The maximum atomic E-state index is 11.9. The quantitative estimate of drug-likeness (QED) is 0.817. The Bertz CT molecular complexity index is 582. The lowest BCUT2D eigenvalue weighted by molar-refractivity contribution is -0.138. The van der Waals surface area contributed by atoms with Gasteiger partial charge in [-0.3, -0.25) is 9.63 Å². The van der Waals surface area contributed by atoms with Crippen molar-refractivity contribution in [1.29, 1.82) is 0 Å². The highest BCUT2D eigenvalue weighted by Crippen LogP contribution is 2.13. The van der Waals surface area contributed by atoms with E-state index in [2.05, 4.69) is 20.9 Å². The zero-order valence-corrected chi connectivity index (χ0v) is 12.4. The summed E-state index contributed by atoms with van der Waals surface area (Å²) in [6, 6.07) is 8.88. The summed E-state index contributed by atoms with van der Waals surface area (Å²) >= 11 is 0. The van der Waals surface area contributed by atoms with E-state index in [0.717, 1.165) is 5.56 Å². The molecule has 1 atom stereocenters. The van der Waals surface area contributed by atoms with E-state index in [9.17, 15) is 4.79 Å². The molecule has 2 rings (SSSR count). The minimum atomic E-state index is -0.595. The number of tetrazole rings is 1. The third-order valence-corrected chi connectivity index (χ3v) is 2.78. The first-order valence-electron chi connectivity index (χ1n) is 6.84. The molecule has 1 aromatic heterocycles. The van der Waals surface area contributed by atoms with Gasteiger partial charge in [-0.15, -0.1) is 10.2 Å². The minimum Gasteiger partial charge on any atom is -0.273 e. The van der Waals surface area contributed by atoms with E-state index in [4.69, 9.17) is 4.84 Å². The van der Waals surface area contributed by atoms with Crippen LogP contribution in [0.3, 0.4) is 0 Å². The highest BCUT2D eigenvalue weighted by Gasteiger charge is 2.18. The molecular formula is C14H19N5O2. The Hall–Kier alpha value is -2.28. The third kappa shape index (κ3) is 4.09. The van der Waals surface area contributed by atoms with Gasteiger partial charge in [-0.25, -0.2) is 5.48 Å². The summed E-state index contributed by atoms with van der Waals surface area (Å²) in [5.74, 6) is 0.515. The fraction of sp³-hybridized carbons (Fsp3) is 0.429. The molecule has 0 aliphatic carbocycles. The summed E-state index contributed by atoms with van der Waals surface area (Å²) in [6.07, 6.45) is 0. The Morgan fingerprint density at radius 2 is 2.00 bits per heavy atom. The van der Waals surface area contributed by atoms with E-state index in [-0.39, 0.29) is 5.91 Å². The SMILES string of the molecule is CC(C)CONC(=O)C(C)n1nnc(-c2ccccc2)n1. The van der Waals surface area contributed by atoms with Gasteiger partial charge in [0.1, 0.15) is 0 Å². The van der Waals surface area contributed by atoms with Crippen LogP contribution in [0, 0.1) is 5.92 Å². The molecule has 1 N–H and O–H groups in total. The highest BCUT2D eigenvalue weighted by molar-refractivity contribution is 5.78. The van der Waals surface area contributed by atoms with Crippen molar-refractivity contribution in [2.75, 3.05) is 6.61 Å². The van der Waals surface area contributed by atoms with E-state index in [1.54, 1.807) is 6.92 Å². The molecule has 0 spiro atoms. The van der Waals surface area contributed by atoms with Crippen molar-refractivity contribution in [3.8, 4) is 11.4 Å². The van der Waals surface area contributed by atoms with Crippen molar-refractivity contribution in [1.82, 2.24) is 25.7 Å². The summed E-state index contributed by atoms with van der Waals surface area (Å²) < 4.78 is 0. The van der Waals surface area contributed by atoms with Crippen LogP contribution >= 0.6 is 0 Å². The number of benzene rings is 1. The van der Waals surface area contributed by atoms with Crippen LogP contribution in [0.15, 0.2) is 30.3 Å². The monoisotopic (exact) mass is 289 g/mol. The smallest absolute Gasteiger partial charge is 0.270 e. The maximum absolute atomic E-state index is 11.9. The zero-order valence-electron chi connectivity index (χ0n) is 12.4. The first-order chi connectivity index (χ1) is 10.1. The number of amides is 1.